The zero-order valence-corrected chi connectivity index (χ0v) is 26.9. The number of nitrogens with zero attached hydrogens (tertiary/aromatic N) is 1. The second-order valence-corrected chi connectivity index (χ2v) is 13.7. The fourth-order valence-electron chi connectivity index (χ4n) is 5.68. The van der Waals surface area contributed by atoms with Gasteiger partial charge in [-0.25, -0.2) is 9.69 Å². The number of benzene rings is 4. The molecule has 0 bridgehead atoms. The molecule has 0 heterocycles. The third-order valence-electron chi connectivity index (χ3n) is 8.22. The molecule has 2 atom stereocenters. The Hall–Kier alpha value is -3.89. The number of anilines is 2. The van der Waals surface area contributed by atoms with Crippen LogP contribution in [-0.2, 0) is 15.6 Å². The molecule has 4 rings (SSSR count). The molecule has 0 radical (unpaired) electrons. The van der Waals surface area contributed by atoms with E-state index in [1.807, 2.05) is 60.7 Å². The molecule has 0 saturated carbocycles. The first-order valence-electron chi connectivity index (χ1n) is 15.4. The van der Waals surface area contributed by atoms with Gasteiger partial charge in [0.05, 0.1) is 11.4 Å². The molecule has 0 aliphatic heterocycles. The van der Waals surface area contributed by atoms with Crippen LogP contribution in [-0.4, -0.2) is 18.7 Å². The van der Waals surface area contributed by atoms with Crippen molar-refractivity contribution in [2.24, 2.45) is 11.7 Å². The molecule has 0 aliphatic carbocycles. The summed E-state index contributed by atoms with van der Waals surface area (Å²) in [6, 6.07) is 37.2. The lowest BCUT2D eigenvalue weighted by Gasteiger charge is -2.31. The summed E-state index contributed by atoms with van der Waals surface area (Å²) in [7, 11) is 0. The van der Waals surface area contributed by atoms with E-state index >= 15 is 0 Å². The highest BCUT2D eigenvalue weighted by atomic mass is 16.6. The van der Waals surface area contributed by atoms with Crippen molar-refractivity contribution < 1.29 is 9.53 Å². The third-order valence-corrected chi connectivity index (χ3v) is 8.22. The van der Waals surface area contributed by atoms with Crippen molar-refractivity contribution in [1.82, 2.24) is 0 Å². The molecule has 2 unspecified atom stereocenters. The van der Waals surface area contributed by atoms with Crippen LogP contribution in [0.2, 0.25) is 0 Å². The van der Waals surface area contributed by atoms with Gasteiger partial charge in [-0.2, -0.15) is 0 Å². The smallest absolute Gasteiger partial charge is 0.419 e. The van der Waals surface area contributed by atoms with Crippen LogP contribution in [0.15, 0.2) is 109 Å². The zero-order valence-electron chi connectivity index (χ0n) is 26.9. The summed E-state index contributed by atoms with van der Waals surface area (Å²) >= 11 is 0. The van der Waals surface area contributed by atoms with Crippen LogP contribution in [0.3, 0.4) is 0 Å². The van der Waals surface area contributed by atoms with Crippen LogP contribution in [0.4, 0.5) is 16.2 Å². The molecule has 4 aromatic rings. The number of carbonyl (C=O) groups is 1. The van der Waals surface area contributed by atoms with Crippen LogP contribution >= 0.6 is 0 Å². The van der Waals surface area contributed by atoms with Crippen molar-refractivity contribution in [3.05, 3.63) is 131 Å². The Morgan fingerprint density at radius 1 is 0.674 bits per heavy atom. The SMILES string of the molecule is CC(CC(CN)OC(=O)N(c1ccccc1)c1ccccc1)C(c1ccc(C(C)(C)C)cc1)c1ccc(C(C)(C)C)cc1. The molecule has 2 N–H and O–H groups in total. The average molecular weight is 577 g/mol. The topological polar surface area (TPSA) is 55.6 Å². The van der Waals surface area contributed by atoms with E-state index in [1.54, 1.807) is 4.90 Å². The predicted molar refractivity (Wildman–Crippen MR) is 180 cm³/mol. The van der Waals surface area contributed by atoms with Gasteiger partial charge in [-0.05, 0) is 69.7 Å². The van der Waals surface area contributed by atoms with E-state index in [2.05, 4.69) is 97.0 Å². The summed E-state index contributed by atoms with van der Waals surface area (Å²) in [5.41, 5.74) is 13.0. The van der Waals surface area contributed by atoms with E-state index in [0.29, 0.717) is 6.42 Å². The van der Waals surface area contributed by atoms with Crippen molar-refractivity contribution >= 4 is 17.5 Å². The molecule has 0 aromatic heterocycles. The van der Waals surface area contributed by atoms with Crippen molar-refractivity contribution in [3.8, 4) is 0 Å². The monoisotopic (exact) mass is 576 g/mol. The van der Waals surface area contributed by atoms with Crippen LogP contribution < -0.4 is 10.6 Å². The van der Waals surface area contributed by atoms with Gasteiger partial charge in [-0.1, -0.05) is 133 Å². The van der Waals surface area contributed by atoms with Crippen molar-refractivity contribution in [2.45, 2.75) is 77.7 Å². The largest absolute Gasteiger partial charge is 0.444 e. The molecule has 226 valence electrons. The Morgan fingerprint density at radius 3 is 1.42 bits per heavy atom. The minimum atomic E-state index is -0.442. The van der Waals surface area contributed by atoms with Gasteiger partial charge in [-0.15, -0.1) is 0 Å². The molecule has 1 amide bonds. The van der Waals surface area contributed by atoms with Gasteiger partial charge in [-0.3, -0.25) is 0 Å². The minimum Gasteiger partial charge on any atom is -0.444 e. The van der Waals surface area contributed by atoms with Gasteiger partial charge >= 0.3 is 6.09 Å². The molecule has 4 nitrogen and oxygen atoms in total. The predicted octanol–water partition coefficient (Wildman–Crippen LogP) is 9.74. The zero-order chi connectivity index (χ0) is 31.2. The number of hydrogen-bond acceptors (Lipinski definition) is 3. The quantitative estimate of drug-likeness (QED) is 0.216. The van der Waals surface area contributed by atoms with Gasteiger partial charge in [0.1, 0.15) is 6.10 Å². The first-order chi connectivity index (χ1) is 20.4. The van der Waals surface area contributed by atoms with Crippen molar-refractivity contribution in [2.75, 3.05) is 11.4 Å². The first kappa shape index (κ1) is 32.0. The third kappa shape index (κ3) is 8.14. The van der Waals surface area contributed by atoms with Gasteiger partial charge in [0.2, 0.25) is 0 Å². The highest BCUT2D eigenvalue weighted by Gasteiger charge is 2.29. The normalized spacial score (nSPS) is 13.4. The highest BCUT2D eigenvalue weighted by Crippen LogP contribution is 2.37. The van der Waals surface area contributed by atoms with Gasteiger partial charge in [0.25, 0.3) is 0 Å². The molecule has 0 saturated heterocycles. The van der Waals surface area contributed by atoms with Crippen LogP contribution in [0, 0.1) is 5.92 Å². The van der Waals surface area contributed by atoms with Gasteiger partial charge in [0.15, 0.2) is 0 Å². The number of ether oxygens (including phenoxy) is 1. The maximum absolute atomic E-state index is 13.7. The second-order valence-electron chi connectivity index (χ2n) is 13.7. The fraction of sp³-hybridized carbons (Fsp3) is 0.359. The van der Waals surface area contributed by atoms with Crippen LogP contribution in [0.1, 0.15) is 83.1 Å². The summed E-state index contributed by atoms with van der Waals surface area (Å²) in [6.07, 6.45) is -0.241. The van der Waals surface area contributed by atoms with Gasteiger partial charge < -0.3 is 10.5 Å². The Morgan fingerprint density at radius 2 is 1.07 bits per heavy atom. The Balaban J connectivity index is 1.62. The molecule has 43 heavy (non-hydrogen) atoms. The van der Waals surface area contributed by atoms with Gasteiger partial charge in [0, 0.05) is 12.5 Å². The lowest BCUT2D eigenvalue weighted by atomic mass is 9.77. The van der Waals surface area contributed by atoms with Crippen LogP contribution in [0.25, 0.3) is 0 Å². The standard InChI is InChI=1S/C39H48N2O2/c1-28(26-35(27-40)43-37(42)41(33-14-10-8-11-15-33)34-16-12-9-13-17-34)36(29-18-22-31(23-19-29)38(2,3)4)30-20-24-32(25-21-30)39(5,6)7/h8-25,28,35-36H,26-27,40H2,1-7H3. The molecule has 0 spiro atoms. The van der Waals surface area contributed by atoms with Crippen molar-refractivity contribution in [3.63, 3.8) is 0 Å². The fourth-order valence-corrected chi connectivity index (χ4v) is 5.68. The summed E-state index contributed by atoms with van der Waals surface area (Å²) in [5, 5.41) is 0. The summed E-state index contributed by atoms with van der Waals surface area (Å²) in [5.74, 6) is 0.277. The van der Waals surface area contributed by atoms with E-state index in [9.17, 15) is 4.79 Å². The van der Waals surface area contributed by atoms with Crippen molar-refractivity contribution in [1.29, 1.82) is 0 Å². The van der Waals surface area contributed by atoms with E-state index in [0.717, 1.165) is 11.4 Å². The molecule has 4 aromatic carbocycles. The van der Waals surface area contributed by atoms with E-state index in [1.165, 1.54) is 22.3 Å². The maximum Gasteiger partial charge on any atom is 0.419 e. The molecular formula is C39H48N2O2. The second kappa shape index (κ2) is 13.6. The molecular weight excluding hydrogens is 528 g/mol. The number of hydrogen-bond donors (Lipinski definition) is 1. The summed E-state index contributed by atoms with van der Waals surface area (Å²) in [4.78, 5) is 15.3. The minimum absolute atomic E-state index is 0.0796. The van der Waals surface area contributed by atoms with E-state index in [-0.39, 0.29) is 29.2 Å². The number of nitrogens with two attached hydrogens (primary N) is 1. The van der Waals surface area contributed by atoms with E-state index in [4.69, 9.17) is 10.5 Å². The Kier molecular flexibility index (Phi) is 10.1. The average Bonchev–Trinajstić information content (AvgIpc) is 2.98. The molecule has 0 aliphatic rings. The molecule has 0 fully saturated rings. The highest BCUT2D eigenvalue weighted by molar-refractivity contribution is 5.96. The lowest BCUT2D eigenvalue weighted by Crippen LogP contribution is -2.35. The number of para-hydroxylation sites is 2. The van der Waals surface area contributed by atoms with Crippen LogP contribution in [0.5, 0.6) is 0 Å². The summed E-state index contributed by atoms with van der Waals surface area (Å²) < 4.78 is 6.15. The number of amides is 1. The van der Waals surface area contributed by atoms with E-state index < -0.39 is 12.2 Å². The summed E-state index contributed by atoms with van der Waals surface area (Å²) in [6.45, 7) is 15.9. The number of carbonyl (C=O) groups excluding carboxylic acids is 1. The first-order valence-corrected chi connectivity index (χ1v) is 15.4. The Labute approximate surface area is 258 Å². The number of rotatable bonds is 9. The Bertz CT molecular complexity index is 1340. The lowest BCUT2D eigenvalue weighted by molar-refractivity contribution is 0.0945. The maximum atomic E-state index is 13.7. The molecule has 4 heteroatoms.